The van der Waals surface area contributed by atoms with Crippen LogP contribution in [-0.4, -0.2) is 12.1 Å². The van der Waals surface area contributed by atoms with Gasteiger partial charge in [0.2, 0.25) is 0 Å². The SMILES string of the molecule is COc1cnccc1C(N)C1CCC(C)CC1. The van der Waals surface area contributed by atoms with Gasteiger partial charge < -0.3 is 10.5 Å². The van der Waals surface area contributed by atoms with Crippen LogP contribution < -0.4 is 10.5 Å². The van der Waals surface area contributed by atoms with Crippen LogP contribution in [0.3, 0.4) is 0 Å². The number of nitrogens with zero attached hydrogens (tertiary/aromatic N) is 1. The molecule has 1 fully saturated rings. The zero-order valence-electron chi connectivity index (χ0n) is 10.7. The summed E-state index contributed by atoms with van der Waals surface area (Å²) in [6.07, 6.45) is 8.60. The molecule has 17 heavy (non-hydrogen) atoms. The first kappa shape index (κ1) is 12.4. The van der Waals surface area contributed by atoms with Crippen LogP contribution in [0.15, 0.2) is 18.5 Å². The van der Waals surface area contributed by atoms with E-state index < -0.39 is 0 Å². The van der Waals surface area contributed by atoms with Crippen LogP contribution in [0.5, 0.6) is 5.75 Å². The van der Waals surface area contributed by atoms with Gasteiger partial charge in [0.25, 0.3) is 0 Å². The molecule has 1 saturated carbocycles. The second kappa shape index (κ2) is 5.50. The van der Waals surface area contributed by atoms with Crippen LogP contribution in [0.4, 0.5) is 0 Å². The molecule has 3 nitrogen and oxygen atoms in total. The van der Waals surface area contributed by atoms with Crippen molar-refractivity contribution < 1.29 is 4.74 Å². The summed E-state index contributed by atoms with van der Waals surface area (Å²) in [5, 5.41) is 0. The third-order valence-corrected chi connectivity index (χ3v) is 3.96. The van der Waals surface area contributed by atoms with Gasteiger partial charge in [-0.2, -0.15) is 0 Å². The zero-order valence-corrected chi connectivity index (χ0v) is 10.7. The van der Waals surface area contributed by atoms with Crippen LogP contribution in [-0.2, 0) is 0 Å². The fraction of sp³-hybridized carbons (Fsp3) is 0.643. The number of nitrogens with two attached hydrogens (primary N) is 1. The maximum Gasteiger partial charge on any atom is 0.141 e. The number of hydrogen-bond donors (Lipinski definition) is 1. The van der Waals surface area contributed by atoms with E-state index in [0.717, 1.165) is 17.2 Å². The van der Waals surface area contributed by atoms with Crippen molar-refractivity contribution in [2.45, 2.75) is 38.6 Å². The Bertz CT molecular complexity index is 359. The molecule has 2 N–H and O–H groups in total. The molecule has 3 heteroatoms. The van der Waals surface area contributed by atoms with Crippen molar-refractivity contribution in [3.05, 3.63) is 24.0 Å². The van der Waals surface area contributed by atoms with E-state index in [1.54, 1.807) is 19.5 Å². The molecule has 2 rings (SSSR count). The first-order valence-corrected chi connectivity index (χ1v) is 6.46. The van der Waals surface area contributed by atoms with Crippen molar-refractivity contribution in [3.63, 3.8) is 0 Å². The molecular formula is C14H22N2O. The van der Waals surface area contributed by atoms with Crippen LogP contribution in [0.1, 0.15) is 44.2 Å². The smallest absolute Gasteiger partial charge is 0.141 e. The predicted octanol–water partition coefficient (Wildman–Crippen LogP) is 2.92. The van der Waals surface area contributed by atoms with E-state index in [4.69, 9.17) is 10.5 Å². The first-order chi connectivity index (χ1) is 8.22. The first-order valence-electron chi connectivity index (χ1n) is 6.46. The Balaban J connectivity index is 2.10. The van der Waals surface area contributed by atoms with Gasteiger partial charge in [-0.25, -0.2) is 0 Å². The second-order valence-corrected chi connectivity index (χ2v) is 5.16. The van der Waals surface area contributed by atoms with Gasteiger partial charge in [-0.3, -0.25) is 4.98 Å². The van der Waals surface area contributed by atoms with Gasteiger partial charge in [0, 0.05) is 17.8 Å². The second-order valence-electron chi connectivity index (χ2n) is 5.16. The average Bonchev–Trinajstić information content (AvgIpc) is 2.39. The van der Waals surface area contributed by atoms with Crippen LogP contribution in [0, 0.1) is 11.8 Å². The van der Waals surface area contributed by atoms with Crippen molar-refractivity contribution >= 4 is 0 Å². The lowest BCUT2D eigenvalue weighted by molar-refractivity contribution is 0.252. The molecular weight excluding hydrogens is 212 g/mol. The van der Waals surface area contributed by atoms with Gasteiger partial charge in [0.05, 0.1) is 13.3 Å². The highest BCUT2D eigenvalue weighted by Crippen LogP contribution is 2.37. The van der Waals surface area contributed by atoms with Gasteiger partial charge in [-0.1, -0.05) is 19.8 Å². The number of hydrogen-bond acceptors (Lipinski definition) is 3. The van der Waals surface area contributed by atoms with Crippen molar-refractivity contribution in [2.24, 2.45) is 17.6 Å². The summed E-state index contributed by atoms with van der Waals surface area (Å²) >= 11 is 0. The highest BCUT2D eigenvalue weighted by Gasteiger charge is 2.26. The van der Waals surface area contributed by atoms with E-state index in [1.807, 2.05) is 6.07 Å². The van der Waals surface area contributed by atoms with Crippen molar-refractivity contribution in [3.8, 4) is 5.75 Å². The van der Waals surface area contributed by atoms with E-state index in [-0.39, 0.29) is 6.04 Å². The van der Waals surface area contributed by atoms with Crippen LogP contribution in [0.2, 0.25) is 0 Å². The molecule has 0 radical (unpaired) electrons. The third kappa shape index (κ3) is 2.78. The van der Waals surface area contributed by atoms with Crippen molar-refractivity contribution in [1.82, 2.24) is 4.98 Å². The molecule has 1 atom stereocenters. The highest BCUT2D eigenvalue weighted by molar-refractivity contribution is 5.33. The largest absolute Gasteiger partial charge is 0.495 e. The Morgan fingerprint density at radius 2 is 2.06 bits per heavy atom. The molecule has 0 saturated heterocycles. The normalized spacial score (nSPS) is 26.5. The van der Waals surface area contributed by atoms with Gasteiger partial charge in [-0.05, 0) is 30.7 Å². The Morgan fingerprint density at radius 3 is 2.71 bits per heavy atom. The van der Waals surface area contributed by atoms with E-state index in [9.17, 15) is 0 Å². The van der Waals surface area contributed by atoms with Gasteiger partial charge in [0.1, 0.15) is 5.75 Å². The van der Waals surface area contributed by atoms with Crippen molar-refractivity contribution in [1.29, 1.82) is 0 Å². The topological polar surface area (TPSA) is 48.1 Å². The lowest BCUT2D eigenvalue weighted by Crippen LogP contribution is -2.25. The van der Waals surface area contributed by atoms with Gasteiger partial charge in [0.15, 0.2) is 0 Å². The Kier molecular flexibility index (Phi) is 4.00. The Labute approximate surface area is 103 Å². The number of rotatable bonds is 3. The molecule has 1 unspecified atom stereocenters. The molecule has 1 aliphatic rings. The standard InChI is InChI=1S/C14H22N2O/c1-10-3-5-11(6-4-10)14(15)12-7-8-16-9-13(12)17-2/h7-11,14H,3-6,15H2,1-2H3. The maximum absolute atomic E-state index is 6.38. The van der Waals surface area contributed by atoms with Crippen molar-refractivity contribution in [2.75, 3.05) is 7.11 Å². The average molecular weight is 234 g/mol. The minimum Gasteiger partial charge on any atom is -0.495 e. The van der Waals surface area contributed by atoms with E-state index in [2.05, 4.69) is 11.9 Å². The minimum absolute atomic E-state index is 0.0837. The molecule has 0 spiro atoms. The molecule has 0 bridgehead atoms. The third-order valence-electron chi connectivity index (χ3n) is 3.96. The summed E-state index contributed by atoms with van der Waals surface area (Å²) in [5.74, 6) is 2.26. The van der Waals surface area contributed by atoms with E-state index in [0.29, 0.717) is 5.92 Å². The number of ether oxygens (including phenoxy) is 1. The Hall–Kier alpha value is -1.09. The summed E-state index contributed by atoms with van der Waals surface area (Å²) in [7, 11) is 1.68. The summed E-state index contributed by atoms with van der Waals surface area (Å²) in [5.41, 5.74) is 7.48. The number of aromatic nitrogens is 1. The molecule has 1 heterocycles. The quantitative estimate of drug-likeness (QED) is 0.874. The summed E-state index contributed by atoms with van der Waals surface area (Å²) < 4.78 is 5.34. The number of methoxy groups -OCH3 is 1. The fourth-order valence-corrected chi connectivity index (χ4v) is 2.74. The molecule has 1 aromatic rings. The summed E-state index contributed by atoms with van der Waals surface area (Å²) in [6.45, 7) is 2.33. The van der Waals surface area contributed by atoms with E-state index >= 15 is 0 Å². The molecule has 0 aliphatic heterocycles. The van der Waals surface area contributed by atoms with Crippen LogP contribution >= 0.6 is 0 Å². The number of pyridine rings is 1. The lowest BCUT2D eigenvalue weighted by atomic mass is 9.77. The molecule has 94 valence electrons. The maximum atomic E-state index is 6.38. The minimum atomic E-state index is 0.0837. The molecule has 0 aromatic carbocycles. The highest BCUT2D eigenvalue weighted by atomic mass is 16.5. The lowest BCUT2D eigenvalue weighted by Gasteiger charge is -2.31. The van der Waals surface area contributed by atoms with Crippen LogP contribution in [0.25, 0.3) is 0 Å². The predicted molar refractivity (Wildman–Crippen MR) is 68.8 cm³/mol. The summed E-state index contributed by atoms with van der Waals surface area (Å²) in [6, 6.07) is 2.07. The molecule has 1 aromatic heterocycles. The van der Waals surface area contributed by atoms with Gasteiger partial charge in [-0.15, -0.1) is 0 Å². The van der Waals surface area contributed by atoms with E-state index in [1.165, 1.54) is 25.7 Å². The molecule has 1 aliphatic carbocycles. The zero-order chi connectivity index (χ0) is 12.3. The molecule has 0 amide bonds. The monoisotopic (exact) mass is 234 g/mol. The fourth-order valence-electron chi connectivity index (χ4n) is 2.74. The Morgan fingerprint density at radius 1 is 1.35 bits per heavy atom. The summed E-state index contributed by atoms with van der Waals surface area (Å²) in [4.78, 5) is 4.08. The van der Waals surface area contributed by atoms with Gasteiger partial charge >= 0.3 is 0 Å².